The minimum Gasteiger partial charge on any atom is -0.493 e. The number of nitrogens with zero attached hydrogens (tertiary/aromatic N) is 1. The zero-order chi connectivity index (χ0) is 23.4. The van der Waals surface area contributed by atoms with Crippen LogP contribution >= 0.6 is 0 Å². The van der Waals surface area contributed by atoms with Crippen molar-refractivity contribution < 1.29 is 28.2 Å². The maximum atomic E-state index is 13.6. The Balaban J connectivity index is 2.05. The first-order valence-electron chi connectivity index (χ1n) is 10.5. The fraction of sp³-hybridized carbons (Fsp3) is 0.417. The highest BCUT2D eigenvalue weighted by Crippen LogP contribution is 2.41. The van der Waals surface area contributed by atoms with Crippen LogP contribution in [0.3, 0.4) is 0 Å². The Bertz CT molecular complexity index is 977. The quantitative estimate of drug-likeness (QED) is 0.688. The highest BCUT2D eigenvalue weighted by atomic mass is 19.1. The molecule has 2 amide bonds. The van der Waals surface area contributed by atoms with Crippen molar-refractivity contribution in [2.45, 2.75) is 32.4 Å². The lowest BCUT2D eigenvalue weighted by atomic mass is 9.87. The fourth-order valence-electron chi connectivity index (χ4n) is 4.01. The first-order chi connectivity index (χ1) is 15.3. The van der Waals surface area contributed by atoms with Crippen LogP contribution in [0.4, 0.5) is 9.18 Å². The maximum Gasteiger partial charge on any atom is 0.328 e. The number of nitrogens with one attached hydrogen (secondary N) is 1. The van der Waals surface area contributed by atoms with Gasteiger partial charge in [0.25, 0.3) is 0 Å². The smallest absolute Gasteiger partial charge is 0.328 e. The lowest BCUT2D eigenvalue weighted by molar-refractivity contribution is -0.144. The van der Waals surface area contributed by atoms with Gasteiger partial charge in [-0.1, -0.05) is 26.0 Å². The second-order valence-electron chi connectivity index (χ2n) is 8.00. The van der Waals surface area contributed by atoms with Gasteiger partial charge in [0, 0.05) is 6.54 Å². The SMILES string of the molecule is COC(=O)C(NC(=O)N1CCc2cc(OC)c(OC)cc2C1c1ccc(F)cc1)C(C)C. The molecule has 0 aliphatic carbocycles. The third kappa shape index (κ3) is 4.64. The van der Waals surface area contributed by atoms with Crippen molar-refractivity contribution in [3.05, 3.63) is 58.9 Å². The molecular formula is C24H29FN2O5. The number of halogens is 1. The van der Waals surface area contributed by atoms with Gasteiger partial charge in [-0.15, -0.1) is 0 Å². The van der Waals surface area contributed by atoms with Crippen molar-refractivity contribution >= 4 is 12.0 Å². The topological polar surface area (TPSA) is 77.1 Å². The van der Waals surface area contributed by atoms with Gasteiger partial charge in [-0.25, -0.2) is 14.0 Å². The highest BCUT2D eigenvalue weighted by Gasteiger charge is 2.35. The largest absolute Gasteiger partial charge is 0.493 e. The van der Waals surface area contributed by atoms with Crippen molar-refractivity contribution in [2.75, 3.05) is 27.9 Å². The average molecular weight is 445 g/mol. The Morgan fingerprint density at radius 3 is 2.25 bits per heavy atom. The molecule has 0 fully saturated rings. The monoisotopic (exact) mass is 444 g/mol. The lowest BCUT2D eigenvalue weighted by Crippen LogP contribution is -2.53. The minimum absolute atomic E-state index is 0.155. The molecule has 172 valence electrons. The molecule has 0 saturated carbocycles. The molecule has 0 spiro atoms. The Morgan fingerprint density at radius 2 is 1.69 bits per heavy atom. The molecule has 1 N–H and O–H groups in total. The number of fused-ring (bicyclic) bond motifs is 1. The molecule has 7 nitrogen and oxygen atoms in total. The van der Waals surface area contributed by atoms with E-state index in [4.69, 9.17) is 14.2 Å². The van der Waals surface area contributed by atoms with Gasteiger partial charge in [0.15, 0.2) is 11.5 Å². The van der Waals surface area contributed by atoms with Crippen molar-refractivity contribution in [3.8, 4) is 11.5 Å². The van der Waals surface area contributed by atoms with E-state index < -0.39 is 24.1 Å². The number of carbonyl (C=O) groups excluding carboxylic acids is 2. The van der Waals surface area contributed by atoms with Gasteiger partial charge < -0.3 is 24.4 Å². The van der Waals surface area contributed by atoms with E-state index in [1.54, 1.807) is 31.3 Å². The third-order valence-corrected chi connectivity index (χ3v) is 5.72. The average Bonchev–Trinajstić information content (AvgIpc) is 2.80. The second kappa shape index (κ2) is 9.89. The summed E-state index contributed by atoms with van der Waals surface area (Å²) in [5.41, 5.74) is 2.61. The predicted octanol–water partition coefficient (Wildman–Crippen LogP) is 3.70. The van der Waals surface area contributed by atoms with Crippen LogP contribution in [0.5, 0.6) is 11.5 Å². The molecule has 2 aromatic rings. The van der Waals surface area contributed by atoms with E-state index in [9.17, 15) is 14.0 Å². The van der Waals surface area contributed by atoms with Gasteiger partial charge in [-0.05, 0) is 53.3 Å². The van der Waals surface area contributed by atoms with Gasteiger partial charge in [0.05, 0.1) is 27.4 Å². The number of urea groups is 1. The third-order valence-electron chi connectivity index (χ3n) is 5.72. The summed E-state index contributed by atoms with van der Waals surface area (Å²) in [4.78, 5) is 27.2. The molecule has 1 heterocycles. The number of rotatable bonds is 6. The summed E-state index contributed by atoms with van der Waals surface area (Å²) < 4.78 is 29.4. The van der Waals surface area contributed by atoms with Gasteiger partial charge in [0.2, 0.25) is 0 Å². The molecule has 0 bridgehead atoms. The molecule has 8 heteroatoms. The summed E-state index contributed by atoms with van der Waals surface area (Å²) in [5, 5.41) is 2.81. The highest BCUT2D eigenvalue weighted by molar-refractivity contribution is 5.84. The lowest BCUT2D eigenvalue weighted by Gasteiger charge is -2.39. The predicted molar refractivity (Wildman–Crippen MR) is 117 cm³/mol. The Hall–Kier alpha value is -3.29. The zero-order valence-electron chi connectivity index (χ0n) is 19.0. The number of esters is 1. The second-order valence-corrected chi connectivity index (χ2v) is 8.00. The fourth-order valence-corrected chi connectivity index (χ4v) is 4.01. The number of methoxy groups -OCH3 is 3. The van der Waals surface area contributed by atoms with Crippen LogP contribution in [-0.2, 0) is 16.0 Å². The maximum absolute atomic E-state index is 13.6. The number of hydrogen-bond donors (Lipinski definition) is 1. The van der Waals surface area contributed by atoms with E-state index in [-0.39, 0.29) is 11.7 Å². The first kappa shape index (κ1) is 23.4. The number of benzene rings is 2. The van der Waals surface area contributed by atoms with Crippen molar-refractivity contribution in [3.63, 3.8) is 0 Å². The molecular weight excluding hydrogens is 415 g/mol. The molecule has 3 rings (SSSR count). The van der Waals surface area contributed by atoms with Gasteiger partial charge in [-0.2, -0.15) is 0 Å². The standard InChI is InChI=1S/C24H29FN2O5/c1-14(2)21(23(28)32-5)26-24(29)27-11-10-16-12-19(30-3)20(31-4)13-18(16)22(27)15-6-8-17(25)9-7-15/h6-9,12-14,21-22H,10-11H2,1-5H3,(H,26,29). The van der Waals surface area contributed by atoms with E-state index in [2.05, 4.69) is 5.32 Å². The van der Waals surface area contributed by atoms with E-state index in [1.165, 1.54) is 19.2 Å². The van der Waals surface area contributed by atoms with Crippen LogP contribution in [-0.4, -0.2) is 50.8 Å². The van der Waals surface area contributed by atoms with Gasteiger partial charge >= 0.3 is 12.0 Å². The summed E-state index contributed by atoms with van der Waals surface area (Å²) in [6, 6.07) is 8.13. The Labute approximate surface area is 187 Å². The van der Waals surface area contributed by atoms with Crippen molar-refractivity contribution in [1.29, 1.82) is 0 Å². The van der Waals surface area contributed by atoms with Gasteiger partial charge in [-0.3, -0.25) is 0 Å². The van der Waals surface area contributed by atoms with Crippen LogP contribution in [0.1, 0.15) is 36.6 Å². The number of ether oxygens (including phenoxy) is 3. The van der Waals surface area contributed by atoms with Crippen LogP contribution in [0, 0.1) is 11.7 Å². The first-order valence-corrected chi connectivity index (χ1v) is 10.5. The zero-order valence-corrected chi connectivity index (χ0v) is 19.0. The summed E-state index contributed by atoms with van der Waals surface area (Å²) in [6.07, 6.45) is 0.589. The van der Waals surface area contributed by atoms with Crippen molar-refractivity contribution in [1.82, 2.24) is 10.2 Å². The molecule has 1 aliphatic heterocycles. The van der Waals surface area contributed by atoms with E-state index in [0.717, 1.165) is 16.7 Å². The number of hydrogen-bond acceptors (Lipinski definition) is 5. The Morgan fingerprint density at radius 1 is 1.06 bits per heavy atom. The van der Waals surface area contributed by atoms with Gasteiger partial charge in [0.1, 0.15) is 11.9 Å². The molecule has 0 aromatic heterocycles. The molecule has 32 heavy (non-hydrogen) atoms. The molecule has 1 aliphatic rings. The van der Waals surface area contributed by atoms with E-state index >= 15 is 0 Å². The van der Waals surface area contributed by atoms with E-state index in [1.807, 2.05) is 26.0 Å². The van der Waals surface area contributed by atoms with Crippen LogP contribution in [0.15, 0.2) is 36.4 Å². The molecule has 2 atom stereocenters. The summed E-state index contributed by atoms with van der Waals surface area (Å²) in [6.45, 7) is 4.08. The number of amides is 2. The molecule has 2 unspecified atom stereocenters. The summed E-state index contributed by atoms with van der Waals surface area (Å²) in [5.74, 6) is 0.120. The van der Waals surface area contributed by atoms with Crippen LogP contribution in [0.25, 0.3) is 0 Å². The van der Waals surface area contributed by atoms with E-state index in [0.29, 0.717) is 24.5 Å². The van der Waals surface area contributed by atoms with Crippen LogP contribution in [0.2, 0.25) is 0 Å². The molecule has 0 radical (unpaired) electrons. The minimum atomic E-state index is -0.784. The molecule has 0 saturated heterocycles. The van der Waals surface area contributed by atoms with Crippen molar-refractivity contribution in [2.24, 2.45) is 5.92 Å². The van der Waals surface area contributed by atoms with Crippen LogP contribution < -0.4 is 14.8 Å². The Kier molecular flexibility index (Phi) is 7.22. The molecule has 2 aromatic carbocycles. The summed E-state index contributed by atoms with van der Waals surface area (Å²) >= 11 is 0. The normalized spacial score (nSPS) is 16.2. The number of carbonyl (C=O) groups is 2. The summed E-state index contributed by atoms with van der Waals surface area (Å²) in [7, 11) is 4.42.